The molecule has 0 fully saturated rings. The summed E-state index contributed by atoms with van der Waals surface area (Å²) in [6.45, 7) is 0.513. The van der Waals surface area contributed by atoms with E-state index >= 15 is 0 Å². The van der Waals surface area contributed by atoms with E-state index in [9.17, 15) is 0 Å². The van der Waals surface area contributed by atoms with E-state index in [1.165, 1.54) is 0 Å². The van der Waals surface area contributed by atoms with Crippen molar-refractivity contribution >= 4 is 10.9 Å². The number of nitrogens with one attached hydrogen (secondary N) is 1. The number of rotatable bonds is 3. The summed E-state index contributed by atoms with van der Waals surface area (Å²) in [6, 6.07) is 11.9. The fourth-order valence-electron chi connectivity index (χ4n) is 2.19. The highest BCUT2D eigenvalue weighted by Gasteiger charge is 2.08. The van der Waals surface area contributed by atoms with E-state index in [1.54, 1.807) is 13.3 Å². The van der Waals surface area contributed by atoms with Gasteiger partial charge in [-0.1, -0.05) is 12.1 Å². The number of hydrogen-bond acceptors (Lipinski definition) is 3. The van der Waals surface area contributed by atoms with Crippen LogP contribution in [0.15, 0.2) is 42.6 Å². The molecule has 0 aliphatic heterocycles. The lowest BCUT2D eigenvalue weighted by atomic mass is 10.2. The van der Waals surface area contributed by atoms with E-state index in [4.69, 9.17) is 10.5 Å². The summed E-state index contributed by atoms with van der Waals surface area (Å²) in [7, 11) is 1.67. The summed E-state index contributed by atoms with van der Waals surface area (Å²) < 4.78 is 5.35. The van der Waals surface area contributed by atoms with Crippen molar-refractivity contribution in [3.8, 4) is 17.1 Å². The molecule has 0 aliphatic rings. The van der Waals surface area contributed by atoms with Crippen LogP contribution < -0.4 is 10.5 Å². The standard InChI is InChI=1S/C15H15N3O/c1-19-14-4-2-3-11-8-13(18-15(11)14)12-7-10(9-16)5-6-17-12/h2-8,18H,9,16H2,1H3. The first kappa shape index (κ1) is 11.7. The molecule has 96 valence electrons. The minimum absolute atomic E-state index is 0.513. The molecular formula is C15H15N3O. The first-order chi connectivity index (χ1) is 9.31. The number of fused-ring (bicyclic) bond motifs is 1. The molecule has 0 bridgehead atoms. The highest BCUT2D eigenvalue weighted by Crippen LogP contribution is 2.29. The Bertz CT molecular complexity index is 718. The number of para-hydroxylation sites is 1. The Labute approximate surface area is 111 Å². The Morgan fingerprint density at radius 3 is 2.95 bits per heavy atom. The minimum Gasteiger partial charge on any atom is -0.495 e. The Balaban J connectivity index is 2.15. The van der Waals surface area contributed by atoms with Crippen molar-refractivity contribution in [3.05, 3.63) is 48.2 Å². The smallest absolute Gasteiger partial charge is 0.142 e. The first-order valence-corrected chi connectivity index (χ1v) is 6.13. The van der Waals surface area contributed by atoms with Crippen molar-refractivity contribution < 1.29 is 4.74 Å². The molecule has 0 unspecified atom stereocenters. The Morgan fingerprint density at radius 1 is 1.26 bits per heavy atom. The van der Waals surface area contributed by atoms with Crippen molar-refractivity contribution in [2.24, 2.45) is 5.73 Å². The van der Waals surface area contributed by atoms with Gasteiger partial charge in [-0.25, -0.2) is 0 Å². The fraction of sp³-hybridized carbons (Fsp3) is 0.133. The van der Waals surface area contributed by atoms with Gasteiger partial charge < -0.3 is 15.5 Å². The zero-order valence-electron chi connectivity index (χ0n) is 10.7. The second kappa shape index (κ2) is 4.74. The molecular weight excluding hydrogens is 238 g/mol. The number of methoxy groups -OCH3 is 1. The van der Waals surface area contributed by atoms with Gasteiger partial charge in [0.25, 0.3) is 0 Å². The highest BCUT2D eigenvalue weighted by atomic mass is 16.5. The molecule has 19 heavy (non-hydrogen) atoms. The van der Waals surface area contributed by atoms with E-state index in [1.807, 2.05) is 30.3 Å². The number of nitrogens with zero attached hydrogens (tertiary/aromatic N) is 1. The monoisotopic (exact) mass is 253 g/mol. The second-order valence-electron chi connectivity index (χ2n) is 4.36. The van der Waals surface area contributed by atoms with Gasteiger partial charge in [0.1, 0.15) is 5.75 Å². The van der Waals surface area contributed by atoms with Gasteiger partial charge in [-0.05, 0) is 29.8 Å². The average molecular weight is 253 g/mol. The number of nitrogens with two attached hydrogens (primary N) is 1. The summed E-state index contributed by atoms with van der Waals surface area (Å²) >= 11 is 0. The molecule has 0 atom stereocenters. The van der Waals surface area contributed by atoms with Gasteiger partial charge in [0.05, 0.1) is 24.0 Å². The fourth-order valence-corrected chi connectivity index (χ4v) is 2.19. The third kappa shape index (κ3) is 2.06. The molecule has 0 saturated carbocycles. The van der Waals surface area contributed by atoms with Crippen LogP contribution in [0.2, 0.25) is 0 Å². The summed E-state index contributed by atoms with van der Waals surface area (Å²) in [5, 5.41) is 1.11. The van der Waals surface area contributed by atoms with E-state index in [2.05, 4.69) is 16.0 Å². The number of benzene rings is 1. The SMILES string of the molecule is COc1cccc2cc(-c3cc(CN)ccn3)[nH]c12. The molecule has 4 nitrogen and oxygen atoms in total. The van der Waals surface area contributed by atoms with Crippen LogP contribution in [-0.2, 0) is 6.54 Å². The lowest BCUT2D eigenvalue weighted by molar-refractivity contribution is 0.419. The van der Waals surface area contributed by atoms with Gasteiger partial charge in [-0.3, -0.25) is 4.98 Å². The topological polar surface area (TPSA) is 63.9 Å². The van der Waals surface area contributed by atoms with Crippen molar-refractivity contribution in [1.29, 1.82) is 0 Å². The third-order valence-electron chi connectivity index (χ3n) is 3.17. The summed E-state index contributed by atoms with van der Waals surface area (Å²) in [4.78, 5) is 7.74. The molecule has 0 aliphatic carbocycles. The lowest BCUT2D eigenvalue weighted by Crippen LogP contribution is -1.97. The Hall–Kier alpha value is -2.33. The maximum Gasteiger partial charge on any atom is 0.142 e. The average Bonchev–Trinajstić information content (AvgIpc) is 2.91. The highest BCUT2D eigenvalue weighted by molar-refractivity contribution is 5.89. The number of H-pyrrole nitrogens is 1. The minimum atomic E-state index is 0.513. The predicted octanol–water partition coefficient (Wildman–Crippen LogP) is 2.70. The maximum absolute atomic E-state index is 5.66. The molecule has 2 aromatic heterocycles. The van der Waals surface area contributed by atoms with Crippen molar-refractivity contribution in [2.75, 3.05) is 7.11 Å². The first-order valence-electron chi connectivity index (χ1n) is 6.13. The Morgan fingerprint density at radius 2 is 2.16 bits per heavy atom. The van der Waals surface area contributed by atoms with Crippen LogP contribution in [0.4, 0.5) is 0 Å². The van der Waals surface area contributed by atoms with E-state index in [0.29, 0.717) is 6.54 Å². The molecule has 3 rings (SSSR count). The number of hydrogen-bond donors (Lipinski definition) is 2. The number of aromatic nitrogens is 2. The number of pyridine rings is 1. The molecule has 0 amide bonds. The van der Waals surface area contributed by atoms with Crippen molar-refractivity contribution in [3.63, 3.8) is 0 Å². The number of aromatic amines is 1. The molecule has 3 aromatic rings. The van der Waals surface area contributed by atoms with Crippen molar-refractivity contribution in [1.82, 2.24) is 9.97 Å². The molecule has 0 radical (unpaired) electrons. The second-order valence-corrected chi connectivity index (χ2v) is 4.36. The number of ether oxygens (including phenoxy) is 1. The van der Waals surface area contributed by atoms with Gasteiger partial charge in [0, 0.05) is 18.1 Å². The van der Waals surface area contributed by atoms with Crippen LogP contribution >= 0.6 is 0 Å². The van der Waals surface area contributed by atoms with Gasteiger partial charge in [-0.15, -0.1) is 0 Å². The van der Waals surface area contributed by atoms with Gasteiger partial charge >= 0.3 is 0 Å². The van der Waals surface area contributed by atoms with Crippen molar-refractivity contribution in [2.45, 2.75) is 6.54 Å². The van der Waals surface area contributed by atoms with E-state index < -0.39 is 0 Å². The maximum atomic E-state index is 5.66. The molecule has 1 aromatic carbocycles. The summed E-state index contributed by atoms with van der Waals surface area (Å²) in [5.74, 6) is 0.832. The van der Waals surface area contributed by atoms with Gasteiger partial charge in [-0.2, -0.15) is 0 Å². The van der Waals surface area contributed by atoms with E-state index in [0.717, 1.165) is 33.6 Å². The van der Waals surface area contributed by atoms with E-state index in [-0.39, 0.29) is 0 Å². The molecule has 3 N–H and O–H groups in total. The third-order valence-corrected chi connectivity index (χ3v) is 3.17. The van der Waals surface area contributed by atoms with Gasteiger partial charge in [0.15, 0.2) is 0 Å². The zero-order chi connectivity index (χ0) is 13.2. The Kier molecular flexibility index (Phi) is 2.93. The van der Waals surface area contributed by atoms with Crippen LogP contribution in [0.25, 0.3) is 22.3 Å². The van der Waals surface area contributed by atoms with Crippen LogP contribution in [0.1, 0.15) is 5.56 Å². The molecule has 4 heteroatoms. The molecule has 2 heterocycles. The quantitative estimate of drug-likeness (QED) is 0.754. The predicted molar refractivity (Wildman–Crippen MR) is 76.0 cm³/mol. The van der Waals surface area contributed by atoms with Crippen LogP contribution in [0.3, 0.4) is 0 Å². The summed E-state index contributed by atoms with van der Waals surface area (Å²) in [5.41, 5.74) is 9.57. The molecule has 0 saturated heterocycles. The lowest BCUT2D eigenvalue weighted by Gasteiger charge is -2.01. The molecule has 0 spiro atoms. The van der Waals surface area contributed by atoms with Gasteiger partial charge in [0.2, 0.25) is 0 Å². The van der Waals surface area contributed by atoms with Crippen LogP contribution in [0.5, 0.6) is 5.75 Å². The summed E-state index contributed by atoms with van der Waals surface area (Å²) in [6.07, 6.45) is 1.78. The van der Waals surface area contributed by atoms with Crippen LogP contribution in [-0.4, -0.2) is 17.1 Å². The normalized spacial score (nSPS) is 10.8. The largest absolute Gasteiger partial charge is 0.495 e. The zero-order valence-corrected chi connectivity index (χ0v) is 10.7. The van der Waals surface area contributed by atoms with Crippen LogP contribution in [0, 0.1) is 0 Å².